The maximum absolute atomic E-state index is 12.7. The van der Waals surface area contributed by atoms with Crippen molar-refractivity contribution >= 4 is 22.6 Å². The minimum absolute atomic E-state index is 0.0371. The zero-order valence-electron chi connectivity index (χ0n) is 14.9. The number of anilines is 1. The van der Waals surface area contributed by atoms with Crippen LogP contribution < -0.4 is 10.7 Å². The SMILES string of the molecule is Cc1nn(-c2ccccc2)c(C)c1NC(=O)c1cc(=O)c2ccccc2o1. The molecule has 0 atom stereocenters. The molecule has 2 aromatic heterocycles. The summed E-state index contributed by atoms with van der Waals surface area (Å²) in [4.78, 5) is 24.9. The van der Waals surface area contributed by atoms with E-state index in [1.807, 2.05) is 44.2 Å². The van der Waals surface area contributed by atoms with Gasteiger partial charge in [-0.25, -0.2) is 4.68 Å². The summed E-state index contributed by atoms with van der Waals surface area (Å²) >= 11 is 0. The maximum Gasteiger partial charge on any atom is 0.291 e. The first-order chi connectivity index (χ1) is 13.0. The molecule has 27 heavy (non-hydrogen) atoms. The molecule has 6 heteroatoms. The van der Waals surface area contributed by atoms with Gasteiger partial charge in [0.05, 0.1) is 28.1 Å². The monoisotopic (exact) mass is 359 g/mol. The minimum Gasteiger partial charge on any atom is -0.451 e. The van der Waals surface area contributed by atoms with Gasteiger partial charge in [-0.2, -0.15) is 5.10 Å². The lowest BCUT2D eigenvalue weighted by molar-refractivity contribution is 0.0997. The Morgan fingerprint density at radius 1 is 1.04 bits per heavy atom. The molecule has 2 aromatic carbocycles. The Morgan fingerprint density at radius 2 is 1.74 bits per heavy atom. The fourth-order valence-electron chi connectivity index (χ4n) is 3.04. The molecule has 0 saturated carbocycles. The fraction of sp³-hybridized carbons (Fsp3) is 0.0952. The van der Waals surface area contributed by atoms with E-state index in [4.69, 9.17) is 4.42 Å². The van der Waals surface area contributed by atoms with Crippen molar-refractivity contribution in [1.82, 2.24) is 9.78 Å². The van der Waals surface area contributed by atoms with Crippen molar-refractivity contribution in [3.63, 3.8) is 0 Å². The van der Waals surface area contributed by atoms with E-state index in [-0.39, 0.29) is 11.2 Å². The van der Waals surface area contributed by atoms with E-state index in [2.05, 4.69) is 10.4 Å². The molecule has 1 N–H and O–H groups in total. The second-order valence-electron chi connectivity index (χ2n) is 6.22. The molecule has 0 saturated heterocycles. The summed E-state index contributed by atoms with van der Waals surface area (Å²) in [6, 6.07) is 17.7. The highest BCUT2D eigenvalue weighted by Gasteiger charge is 2.18. The van der Waals surface area contributed by atoms with Crippen LogP contribution in [-0.2, 0) is 0 Å². The molecule has 4 rings (SSSR count). The van der Waals surface area contributed by atoms with Crippen molar-refractivity contribution in [1.29, 1.82) is 0 Å². The predicted octanol–water partition coefficient (Wildman–Crippen LogP) is 3.85. The van der Waals surface area contributed by atoms with Gasteiger partial charge in [-0.15, -0.1) is 0 Å². The van der Waals surface area contributed by atoms with Gasteiger partial charge in [-0.05, 0) is 38.1 Å². The third-order valence-corrected chi connectivity index (χ3v) is 4.39. The third-order valence-electron chi connectivity index (χ3n) is 4.39. The Labute approximate surface area is 155 Å². The summed E-state index contributed by atoms with van der Waals surface area (Å²) in [5.74, 6) is -0.526. The number of carbonyl (C=O) groups is 1. The Morgan fingerprint density at radius 3 is 2.52 bits per heavy atom. The number of amides is 1. The van der Waals surface area contributed by atoms with Crippen LogP contribution in [0.4, 0.5) is 5.69 Å². The lowest BCUT2D eigenvalue weighted by Crippen LogP contribution is -2.16. The van der Waals surface area contributed by atoms with Gasteiger partial charge in [0, 0.05) is 6.07 Å². The van der Waals surface area contributed by atoms with Crippen LogP contribution in [-0.4, -0.2) is 15.7 Å². The number of nitrogens with one attached hydrogen (secondary N) is 1. The number of fused-ring (bicyclic) bond motifs is 1. The van der Waals surface area contributed by atoms with Crippen molar-refractivity contribution in [3.8, 4) is 5.69 Å². The molecular formula is C21H17N3O3. The molecular weight excluding hydrogens is 342 g/mol. The van der Waals surface area contributed by atoms with E-state index >= 15 is 0 Å². The highest BCUT2D eigenvalue weighted by molar-refractivity contribution is 6.03. The van der Waals surface area contributed by atoms with E-state index in [1.54, 1.807) is 28.9 Å². The lowest BCUT2D eigenvalue weighted by Gasteiger charge is -2.07. The van der Waals surface area contributed by atoms with E-state index in [9.17, 15) is 9.59 Å². The van der Waals surface area contributed by atoms with Gasteiger partial charge in [0.2, 0.25) is 0 Å². The highest BCUT2D eigenvalue weighted by atomic mass is 16.3. The van der Waals surface area contributed by atoms with Gasteiger partial charge in [0.15, 0.2) is 11.2 Å². The molecule has 0 spiro atoms. The fourth-order valence-corrected chi connectivity index (χ4v) is 3.04. The zero-order valence-corrected chi connectivity index (χ0v) is 14.9. The first-order valence-corrected chi connectivity index (χ1v) is 8.50. The van der Waals surface area contributed by atoms with Crippen molar-refractivity contribution < 1.29 is 9.21 Å². The van der Waals surface area contributed by atoms with E-state index in [1.165, 1.54) is 6.07 Å². The Balaban J connectivity index is 1.70. The van der Waals surface area contributed by atoms with Crippen LogP contribution in [0, 0.1) is 13.8 Å². The molecule has 0 aliphatic rings. The first-order valence-electron chi connectivity index (χ1n) is 8.50. The molecule has 0 unspecified atom stereocenters. The van der Waals surface area contributed by atoms with Crippen LogP contribution in [0.1, 0.15) is 21.9 Å². The van der Waals surface area contributed by atoms with Gasteiger partial charge >= 0.3 is 0 Å². The van der Waals surface area contributed by atoms with Gasteiger partial charge in [0.25, 0.3) is 5.91 Å². The van der Waals surface area contributed by atoms with Gasteiger partial charge < -0.3 is 9.73 Å². The van der Waals surface area contributed by atoms with Gasteiger partial charge in [0.1, 0.15) is 5.58 Å². The van der Waals surface area contributed by atoms with E-state index in [0.717, 1.165) is 11.4 Å². The summed E-state index contributed by atoms with van der Waals surface area (Å²) in [7, 11) is 0. The number of carbonyl (C=O) groups excluding carboxylic acids is 1. The van der Waals surface area contributed by atoms with Crippen molar-refractivity contribution in [2.24, 2.45) is 0 Å². The predicted molar refractivity (Wildman–Crippen MR) is 103 cm³/mol. The van der Waals surface area contributed by atoms with Crippen LogP contribution in [0.25, 0.3) is 16.7 Å². The van der Waals surface area contributed by atoms with Crippen LogP contribution in [0.3, 0.4) is 0 Å². The summed E-state index contributed by atoms with van der Waals surface area (Å²) in [5, 5.41) is 7.77. The smallest absolute Gasteiger partial charge is 0.291 e. The van der Waals surface area contributed by atoms with Crippen LogP contribution in [0.5, 0.6) is 0 Å². The molecule has 1 amide bonds. The Hall–Kier alpha value is -3.67. The summed E-state index contributed by atoms with van der Waals surface area (Å²) < 4.78 is 7.37. The second kappa shape index (κ2) is 6.57. The molecule has 2 heterocycles. The molecule has 4 aromatic rings. The number of benzene rings is 2. The number of aryl methyl sites for hydroxylation is 1. The molecule has 0 fully saturated rings. The van der Waals surface area contributed by atoms with Crippen molar-refractivity contribution in [2.45, 2.75) is 13.8 Å². The quantitative estimate of drug-likeness (QED) is 0.603. The van der Waals surface area contributed by atoms with Gasteiger partial charge in [-0.3, -0.25) is 9.59 Å². The molecule has 0 aliphatic carbocycles. The molecule has 0 radical (unpaired) electrons. The van der Waals surface area contributed by atoms with Crippen molar-refractivity contribution in [3.05, 3.63) is 88.0 Å². The maximum atomic E-state index is 12.7. The topological polar surface area (TPSA) is 77.1 Å². The standard InChI is InChI=1S/C21H17N3O3/c1-13-20(14(2)24(23-13)15-8-4-3-5-9-15)22-21(26)19-12-17(25)16-10-6-7-11-18(16)27-19/h3-12H,1-2H3,(H,22,26). The summed E-state index contributed by atoms with van der Waals surface area (Å²) in [6.07, 6.45) is 0. The second-order valence-corrected chi connectivity index (χ2v) is 6.22. The average molecular weight is 359 g/mol. The van der Waals surface area contributed by atoms with Gasteiger partial charge in [-0.1, -0.05) is 30.3 Å². The third kappa shape index (κ3) is 3.01. The number of hydrogen-bond donors (Lipinski definition) is 1. The summed E-state index contributed by atoms with van der Waals surface area (Å²) in [6.45, 7) is 3.69. The summed E-state index contributed by atoms with van der Waals surface area (Å²) in [5.41, 5.74) is 3.08. The zero-order chi connectivity index (χ0) is 19.0. The van der Waals surface area contributed by atoms with Crippen molar-refractivity contribution in [2.75, 3.05) is 5.32 Å². The number of hydrogen-bond acceptors (Lipinski definition) is 4. The normalized spacial score (nSPS) is 10.9. The lowest BCUT2D eigenvalue weighted by atomic mass is 10.2. The molecule has 0 aliphatic heterocycles. The number of para-hydroxylation sites is 2. The number of nitrogens with zero attached hydrogens (tertiary/aromatic N) is 2. The van der Waals surface area contributed by atoms with E-state index < -0.39 is 5.91 Å². The molecule has 6 nitrogen and oxygen atoms in total. The highest BCUT2D eigenvalue weighted by Crippen LogP contribution is 2.23. The van der Waals surface area contributed by atoms with Crippen LogP contribution in [0.15, 0.2) is 69.9 Å². The molecule has 134 valence electrons. The van der Waals surface area contributed by atoms with Crippen LogP contribution in [0.2, 0.25) is 0 Å². The Kier molecular flexibility index (Phi) is 4.08. The first kappa shape index (κ1) is 16.8. The number of aromatic nitrogens is 2. The average Bonchev–Trinajstić information content (AvgIpc) is 2.97. The van der Waals surface area contributed by atoms with Crippen LogP contribution >= 0.6 is 0 Å². The largest absolute Gasteiger partial charge is 0.451 e. The Bertz CT molecular complexity index is 1210. The number of rotatable bonds is 3. The van der Waals surface area contributed by atoms with E-state index in [0.29, 0.717) is 22.4 Å². The minimum atomic E-state index is -0.489. The molecule has 0 bridgehead atoms.